The van der Waals surface area contributed by atoms with Crippen LogP contribution < -0.4 is 5.73 Å². The van der Waals surface area contributed by atoms with E-state index in [1.165, 1.54) is 0 Å². The standard InChI is InChI=1S/C20H20N4O2/c21-19(25)18-12-17(22-23-18)14-7-9-24(10-8-14)20(26)16-6-5-13-3-1-2-4-15(13)11-16/h1-6,11-12,14H,7-10H2,(H2,21,25)(H,22,23). The van der Waals surface area contributed by atoms with Gasteiger partial charge in [0, 0.05) is 30.3 Å². The Kier molecular flexibility index (Phi) is 4.16. The van der Waals surface area contributed by atoms with Gasteiger partial charge in [-0.3, -0.25) is 14.7 Å². The quantitative estimate of drug-likeness (QED) is 0.762. The lowest BCUT2D eigenvalue weighted by Gasteiger charge is -2.31. The number of aromatic nitrogens is 2. The van der Waals surface area contributed by atoms with Crippen LogP contribution in [0.4, 0.5) is 0 Å². The topological polar surface area (TPSA) is 92.1 Å². The molecule has 0 saturated carbocycles. The predicted octanol–water partition coefficient (Wildman–Crippen LogP) is 2.68. The zero-order chi connectivity index (χ0) is 18.1. The summed E-state index contributed by atoms with van der Waals surface area (Å²) in [7, 11) is 0. The van der Waals surface area contributed by atoms with Crippen LogP contribution in [-0.4, -0.2) is 40.0 Å². The van der Waals surface area contributed by atoms with Crippen LogP contribution in [0, 0.1) is 0 Å². The second kappa shape index (κ2) is 6.63. The van der Waals surface area contributed by atoms with E-state index in [1.807, 2.05) is 47.4 Å². The molecule has 6 nitrogen and oxygen atoms in total. The molecule has 1 aliphatic heterocycles. The third-order valence-electron chi connectivity index (χ3n) is 5.07. The molecule has 26 heavy (non-hydrogen) atoms. The summed E-state index contributed by atoms with van der Waals surface area (Å²) in [5.74, 6) is -0.204. The van der Waals surface area contributed by atoms with E-state index in [9.17, 15) is 9.59 Å². The number of H-pyrrole nitrogens is 1. The van der Waals surface area contributed by atoms with E-state index >= 15 is 0 Å². The third kappa shape index (κ3) is 3.06. The molecule has 1 saturated heterocycles. The predicted molar refractivity (Wildman–Crippen MR) is 98.9 cm³/mol. The third-order valence-corrected chi connectivity index (χ3v) is 5.07. The van der Waals surface area contributed by atoms with Crippen LogP contribution in [0.2, 0.25) is 0 Å². The first-order valence-corrected chi connectivity index (χ1v) is 8.75. The summed E-state index contributed by atoms with van der Waals surface area (Å²) in [4.78, 5) is 25.9. The van der Waals surface area contributed by atoms with Crippen molar-refractivity contribution in [1.82, 2.24) is 15.1 Å². The number of nitrogens with zero attached hydrogens (tertiary/aromatic N) is 2. The first kappa shape index (κ1) is 16.3. The smallest absolute Gasteiger partial charge is 0.269 e. The number of nitrogens with one attached hydrogen (secondary N) is 1. The van der Waals surface area contributed by atoms with E-state index in [0.29, 0.717) is 13.1 Å². The van der Waals surface area contributed by atoms with Gasteiger partial charge in [0.2, 0.25) is 0 Å². The Morgan fingerprint density at radius 3 is 2.46 bits per heavy atom. The Morgan fingerprint density at radius 2 is 1.77 bits per heavy atom. The van der Waals surface area contributed by atoms with Crippen LogP contribution in [0.5, 0.6) is 0 Å². The molecule has 0 aliphatic carbocycles. The van der Waals surface area contributed by atoms with Crippen molar-refractivity contribution < 1.29 is 9.59 Å². The molecule has 2 aromatic carbocycles. The van der Waals surface area contributed by atoms with Crippen LogP contribution in [0.3, 0.4) is 0 Å². The molecule has 0 bridgehead atoms. The number of hydrogen-bond donors (Lipinski definition) is 2. The van der Waals surface area contributed by atoms with Crippen molar-refractivity contribution in [2.45, 2.75) is 18.8 Å². The van der Waals surface area contributed by atoms with Crippen molar-refractivity contribution in [2.75, 3.05) is 13.1 Å². The Balaban J connectivity index is 1.44. The first-order valence-electron chi connectivity index (χ1n) is 8.75. The van der Waals surface area contributed by atoms with Crippen molar-refractivity contribution in [1.29, 1.82) is 0 Å². The maximum atomic E-state index is 12.8. The van der Waals surface area contributed by atoms with Gasteiger partial charge in [-0.1, -0.05) is 30.3 Å². The number of hydrogen-bond acceptors (Lipinski definition) is 3. The SMILES string of the molecule is NC(=O)c1cc(C2CCN(C(=O)c3ccc4ccccc4c3)CC2)[nH]n1. The summed E-state index contributed by atoms with van der Waals surface area (Å²) in [6, 6.07) is 15.6. The molecule has 6 heteroatoms. The van der Waals surface area contributed by atoms with E-state index in [2.05, 4.69) is 10.2 Å². The van der Waals surface area contributed by atoms with Gasteiger partial charge < -0.3 is 10.6 Å². The van der Waals surface area contributed by atoms with Gasteiger partial charge in [-0.15, -0.1) is 0 Å². The fourth-order valence-corrected chi connectivity index (χ4v) is 3.57. The second-order valence-electron chi connectivity index (χ2n) is 6.70. The van der Waals surface area contributed by atoms with Crippen LogP contribution in [0.1, 0.15) is 45.3 Å². The Hall–Kier alpha value is -3.15. The van der Waals surface area contributed by atoms with Crippen molar-refractivity contribution in [3.05, 3.63) is 65.5 Å². The normalized spacial score (nSPS) is 15.3. The number of fused-ring (bicyclic) bond motifs is 1. The minimum absolute atomic E-state index is 0.0663. The summed E-state index contributed by atoms with van der Waals surface area (Å²) < 4.78 is 0. The zero-order valence-electron chi connectivity index (χ0n) is 14.3. The number of nitrogens with two attached hydrogens (primary N) is 1. The van der Waals surface area contributed by atoms with E-state index in [0.717, 1.165) is 34.9 Å². The molecular weight excluding hydrogens is 328 g/mol. The number of piperidine rings is 1. The Bertz CT molecular complexity index is 971. The maximum absolute atomic E-state index is 12.8. The molecular formula is C20H20N4O2. The number of likely N-dealkylation sites (tertiary alicyclic amines) is 1. The maximum Gasteiger partial charge on any atom is 0.269 e. The van der Waals surface area contributed by atoms with Gasteiger partial charge >= 0.3 is 0 Å². The van der Waals surface area contributed by atoms with Gasteiger partial charge in [-0.05, 0) is 41.8 Å². The first-order chi connectivity index (χ1) is 12.6. The van der Waals surface area contributed by atoms with Gasteiger partial charge in [0.1, 0.15) is 5.69 Å². The van der Waals surface area contributed by atoms with Crippen molar-refractivity contribution >= 4 is 22.6 Å². The Morgan fingerprint density at radius 1 is 1.04 bits per heavy atom. The van der Waals surface area contributed by atoms with Crippen LogP contribution >= 0.6 is 0 Å². The number of primary amides is 1. The monoisotopic (exact) mass is 348 g/mol. The number of carbonyl (C=O) groups excluding carboxylic acids is 2. The molecule has 1 fully saturated rings. The highest BCUT2D eigenvalue weighted by Crippen LogP contribution is 2.28. The molecule has 3 N–H and O–H groups in total. The summed E-state index contributed by atoms with van der Waals surface area (Å²) >= 11 is 0. The molecule has 1 aromatic heterocycles. The lowest BCUT2D eigenvalue weighted by molar-refractivity contribution is 0.0712. The zero-order valence-corrected chi connectivity index (χ0v) is 14.3. The number of aromatic amines is 1. The largest absolute Gasteiger partial charge is 0.364 e. The van der Waals surface area contributed by atoms with Crippen molar-refractivity contribution in [2.24, 2.45) is 5.73 Å². The number of benzene rings is 2. The van der Waals surface area contributed by atoms with Gasteiger partial charge in [0.15, 0.2) is 0 Å². The number of carbonyl (C=O) groups is 2. The molecule has 132 valence electrons. The summed E-state index contributed by atoms with van der Waals surface area (Å²) in [6.07, 6.45) is 1.67. The number of amides is 2. The molecule has 1 aliphatic rings. The molecule has 4 rings (SSSR count). The molecule has 0 unspecified atom stereocenters. The lowest BCUT2D eigenvalue weighted by atomic mass is 9.93. The lowest BCUT2D eigenvalue weighted by Crippen LogP contribution is -2.38. The van der Waals surface area contributed by atoms with Gasteiger partial charge in [0.25, 0.3) is 11.8 Å². The van der Waals surface area contributed by atoms with Gasteiger partial charge in [0.05, 0.1) is 0 Å². The molecule has 2 heterocycles. The molecule has 0 radical (unpaired) electrons. The minimum Gasteiger partial charge on any atom is -0.364 e. The summed E-state index contributed by atoms with van der Waals surface area (Å²) in [5, 5.41) is 9.05. The van der Waals surface area contributed by atoms with Gasteiger partial charge in [-0.2, -0.15) is 5.10 Å². The number of rotatable bonds is 3. The Labute approximate surface area is 151 Å². The van der Waals surface area contributed by atoms with Gasteiger partial charge in [-0.25, -0.2) is 0 Å². The van der Waals surface area contributed by atoms with E-state index in [-0.39, 0.29) is 17.5 Å². The highest BCUT2D eigenvalue weighted by atomic mass is 16.2. The van der Waals surface area contributed by atoms with Crippen molar-refractivity contribution in [3.63, 3.8) is 0 Å². The summed E-state index contributed by atoms with van der Waals surface area (Å²) in [6.45, 7) is 1.36. The highest BCUT2D eigenvalue weighted by molar-refractivity contribution is 5.98. The van der Waals surface area contributed by atoms with Crippen LogP contribution in [0.25, 0.3) is 10.8 Å². The van der Waals surface area contributed by atoms with E-state index < -0.39 is 5.91 Å². The molecule has 3 aromatic rings. The second-order valence-corrected chi connectivity index (χ2v) is 6.70. The van der Waals surface area contributed by atoms with E-state index in [1.54, 1.807) is 6.07 Å². The average Bonchev–Trinajstić information content (AvgIpc) is 3.18. The minimum atomic E-state index is -0.531. The van der Waals surface area contributed by atoms with E-state index in [4.69, 9.17) is 5.73 Å². The van der Waals surface area contributed by atoms with Crippen LogP contribution in [-0.2, 0) is 0 Å². The molecule has 0 atom stereocenters. The fourth-order valence-electron chi connectivity index (χ4n) is 3.57. The molecule has 0 spiro atoms. The van der Waals surface area contributed by atoms with Crippen LogP contribution in [0.15, 0.2) is 48.5 Å². The fraction of sp³-hybridized carbons (Fsp3) is 0.250. The highest BCUT2D eigenvalue weighted by Gasteiger charge is 2.26. The average molecular weight is 348 g/mol. The summed E-state index contributed by atoms with van der Waals surface area (Å²) in [5.41, 5.74) is 7.14. The van der Waals surface area contributed by atoms with Crippen molar-refractivity contribution in [3.8, 4) is 0 Å². The molecule has 2 amide bonds.